The number of amides is 2. The van der Waals surface area contributed by atoms with E-state index in [1.54, 1.807) is 44.4 Å². The number of piperazine rings is 1. The van der Waals surface area contributed by atoms with Crippen LogP contribution in [0.4, 0.5) is 4.39 Å². The molecular weight excluding hydrogens is 509 g/mol. The molecule has 0 radical (unpaired) electrons. The minimum Gasteiger partial charge on any atom is -0.496 e. The van der Waals surface area contributed by atoms with Gasteiger partial charge < -0.3 is 19.7 Å². The summed E-state index contributed by atoms with van der Waals surface area (Å²) in [4.78, 5) is 28.9. The number of ether oxygens (including phenoxy) is 2. The number of para-hydroxylation sites is 1. The van der Waals surface area contributed by atoms with E-state index >= 15 is 0 Å². The van der Waals surface area contributed by atoms with Gasteiger partial charge in [-0.2, -0.15) is 0 Å². The molecule has 0 spiro atoms. The molecule has 8 heteroatoms. The zero-order valence-electron chi connectivity index (χ0n) is 23.2. The van der Waals surface area contributed by atoms with Crippen molar-refractivity contribution in [2.75, 3.05) is 33.3 Å². The topological polar surface area (TPSA) is 71.1 Å². The molecule has 1 fully saturated rings. The SMILES string of the molecule is C=CC(=O)N1CCN(C[C@H](Oc2ccc(C(=O)NCc3ccccc3OC)cc2)c2ccc(C)c(F)c2)C[C@H]1C. The van der Waals surface area contributed by atoms with E-state index in [2.05, 4.69) is 16.8 Å². The van der Waals surface area contributed by atoms with Crippen molar-refractivity contribution in [3.8, 4) is 11.5 Å². The minimum absolute atomic E-state index is 0.0169. The number of aryl methyl sites for hydroxylation is 1. The second-order valence-corrected chi connectivity index (χ2v) is 9.98. The molecule has 0 aromatic heterocycles. The zero-order valence-corrected chi connectivity index (χ0v) is 23.2. The Morgan fingerprint density at radius 1 is 1.12 bits per heavy atom. The smallest absolute Gasteiger partial charge is 0.251 e. The third-order valence-electron chi connectivity index (χ3n) is 7.19. The number of hydrogen-bond donors (Lipinski definition) is 1. The van der Waals surface area contributed by atoms with Crippen LogP contribution in [0.5, 0.6) is 11.5 Å². The number of rotatable bonds is 10. The van der Waals surface area contributed by atoms with Gasteiger partial charge in [0.25, 0.3) is 5.91 Å². The molecule has 210 valence electrons. The summed E-state index contributed by atoms with van der Waals surface area (Å²) in [6.07, 6.45) is 0.893. The van der Waals surface area contributed by atoms with Gasteiger partial charge in [0, 0.05) is 49.9 Å². The average Bonchev–Trinajstić information content (AvgIpc) is 2.97. The summed E-state index contributed by atoms with van der Waals surface area (Å²) < 4.78 is 26.2. The van der Waals surface area contributed by atoms with Gasteiger partial charge >= 0.3 is 0 Å². The molecule has 1 N–H and O–H groups in total. The van der Waals surface area contributed by atoms with Gasteiger partial charge in [-0.25, -0.2) is 4.39 Å². The maximum atomic E-state index is 14.5. The number of halogens is 1. The van der Waals surface area contributed by atoms with E-state index in [1.165, 1.54) is 12.1 Å². The highest BCUT2D eigenvalue weighted by Crippen LogP contribution is 2.26. The normalized spacial score (nSPS) is 16.2. The van der Waals surface area contributed by atoms with Crippen LogP contribution in [0.15, 0.2) is 79.4 Å². The summed E-state index contributed by atoms with van der Waals surface area (Å²) in [6, 6.07) is 19.6. The summed E-state index contributed by atoms with van der Waals surface area (Å²) in [5.41, 5.74) is 2.67. The van der Waals surface area contributed by atoms with Gasteiger partial charge in [0.1, 0.15) is 23.4 Å². The average molecular weight is 546 g/mol. The van der Waals surface area contributed by atoms with Crippen molar-refractivity contribution in [3.63, 3.8) is 0 Å². The zero-order chi connectivity index (χ0) is 28.6. The first kappa shape index (κ1) is 28.8. The highest BCUT2D eigenvalue weighted by molar-refractivity contribution is 5.94. The van der Waals surface area contributed by atoms with Crippen LogP contribution in [0.3, 0.4) is 0 Å². The highest BCUT2D eigenvalue weighted by Gasteiger charge is 2.28. The number of hydrogen-bond acceptors (Lipinski definition) is 5. The monoisotopic (exact) mass is 545 g/mol. The molecule has 0 saturated carbocycles. The van der Waals surface area contributed by atoms with Gasteiger partial charge in [0.15, 0.2) is 0 Å². The van der Waals surface area contributed by atoms with Crippen LogP contribution in [0.1, 0.15) is 40.1 Å². The Kier molecular flexibility index (Phi) is 9.56. The Bertz CT molecular complexity index is 1340. The Morgan fingerprint density at radius 3 is 2.55 bits per heavy atom. The Balaban J connectivity index is 1.45. The van der Waals surface area contributed by atoms with Crippen LogP contribution in [0, 0.1) is 12.7 Å². The summed E-state index contributed by atoms with van der Waals surface area (Å²) in [6.45, 7) is 10.1. The molecule has 1 saturated heterocycles. The predicted molar refractivity (Wildman–Crippen MR) is 153 cm³/mol. The molecule has 1 aliphatic heterocycles. The van der Waals surface area contributed by atoms with E-state index in [1.807, 2.05) is 42.2 Å². The van der Waals surface area contributed by atoms with E-state index < -0.39 is 6.10 Å². The van der Waals surface area contributed by atoms with Crippen molar-refractivity contribution in [1.82, 2.24) is 15.1 Å². The van der Waals surface area contributed by atoms with E-state index in [0.717, 1.165) is 11.1 Å². The molecule has 2 atom stereocenters. The standard InChI is InChI=1S/C32H36FN3O4/c1-5-31(37)36-17-16-35(20-23(36)3)21-30(25-11-10-22(2)28(33)18-25)40-27-14-12-24(13-15-27)32(38)34-19-26-8-6-7-9-29(26)39-4/h5-15,18,23,30H,1,16-17,19-21H2,2-4H3,(H,34,38)/t23-,30+/m1/s1. The van der Waals surface area contributed by atoms with Crippen molar-refractivity contribution in [2.24, 2.45) is 0 Å². The Hall–Kier alpha value is -4.17. The Labute approximate surface area is 235 Å². The van der Waals surface area contributed by atoms with Crippen molar-refractivity contribution in [1.29, 1.82) is 0 Å². The van der Waals surface area contributed by atoms with E-state index in [0.29, 0.717) is 55.3 Å². The lowest BCUT2D eigenvalue weighted by Gasteiger charge is -2.40. The largest absolute Gasteiger partial charge is 0.496 e. The van der Waals surface area contributed by atoms with Gasteiger partial charge in [-0.1, -0.05) is 36.9 Å². The van der Waals surface area contributed by atoms with Gasteiger partial charge in [-0.05, 0) is 67.4 Å². The number of methoxy groups -OCH3 is 1. The van der Waals surface area contributed by atoms with Crippen molar-refractivity contribution < 1.29 is 23.5 Å². The third-order valence-corrected chi connectivity index (χ3v) is 7.19. The van der Waals surface area contributed by atoms with Crippen molar-refractivity contribution >= 4 is 11.8 Å². The van der Waals surface area contributed by atoms with Gasteiger partial charge in [-0.15, -0.1) is 0 Å². The van der Waals surface area contributed by atoms with Crippen molar-refractivity contribution in [2.45, 2.75) is 32.5 Å². The molecule has 7 nitrogen and oxygen atoms in total. The number of nitrogens with zero attached hydrogens (tertiary/aromatic N) is 2. The fourth-order valence-corrected chi connectivity index (χ4v) is 4.87. The van der Waals surface area contributed by atoms with Crippen LogP contribution >= 0.6 is 0 Å². The molecule has 0 unspecified atom stereocenters. The van der Waals surface area contributed by atoms with Gasteiger partial charge in [0.2, 0.25) is 5.91 Å². The van der Waals surface area contributed by atoms with Crippen LogP contribution in [-0.4, -0.2) is 60.9 Å². The molecule has 2 amide bonds. The maximum Gasteiger partial charge on any atom is 0.251 e. The lowest BCUT2D eigenvalue weighted by Crippen LogP contribution is -2.54. The van der Waals surface area contributed by atoms with E-state index in [-0.39, 0.29) is 23.7 Å². The number of carbonyl (C=O) groups is 2. The van der Waals surface area contributed by atoms with Crippen LogP contribution < -0.4 is 14.8 Å². The van der Waals surface area contributed by atoms with Gasteiger partial charge in [0.05, 0.1) is 7.11 Å². The molecule has 0 aliphatic carbocycles. The third kappa shape index (κ3) is 7.07. The molecule has 1 aliphatic rings. The van der Waals surface area contributed by atoms with E-state index in [9.17, 15) is 14.0 Å². The fourth-order valence-electron chi connectivity index (χ4n) is 4.87. The van der Waals surface area contributed by atoms with E-state index in [4.69, 9.17) is 9.47 Å². The minimum atomic E-state index is -0.450. The summed E-state index contributed by atoms with van der Waals surface area (Å²) in [5.74, 6) is 0.708. The Morgan fingerprint density at radius 2 is 1.88 bits per heavy atom. The van der Waals surface area contributed by atoms with Crippen LogP contribution in [-0.2, 0) is 11.3 Å². The second kappa shape index (κ2) is 13.3. The molecule has 40 heavy (non-hydrogen) atoms. The van der Waals surface area contributed by atoms with Crippen LogP contribution in [0.2, 0.25) is 0 Å². The quantitative estimate of drug-likeness (QED) is 0.367. The lowest BCUT2D eigenvalue weighted by atomic mass is 10.0. The molecule has 1 heterocycles. The molecular formula is C32H36FN3O4. The first-order chi connectivity index (χ1) is 19.3. The highest BCUT2D eigenvalue weighted by atomic mass is 19.1. The molecule has 3 aromatic carbocycles. The number of nitrogens with one attached hydrogen (secondary N) is 1. The number of carbonyl (C=O) groups excluding carboxylic acids is 2. The summed E-state index contributed by atoms with van der Waals surface area (Å²) in [7, 11) is 1.60. The second-order valence-electron chi connectivity index (χ2n) is 9.98. The molecule has 4 rings (SSSR count). The first-order valence-electron chi connectivity index (χ1n) is 13.4. The molecule has 0 bridgehead atoms. The summed E-state index contributed by atoms with van der Waals surface area (Å²) in [5, 5.41) is 2.92. The van der Waals surface area contributed by atoms with Gasteiger partial charge in [-0.3, -0.25) is 14.5 Å². The first-order valence-corrected chi connectivity index (χ1v) is 13.4. The lowest BCUT2D eigenvalue weighted by molar-refractivity contribution is -0.130. The fraction of sp³-hybridized carbons (Fsp3) is 0.312. The van der Waals surface area contributed by atoms with Crippen molar-refractivity contribution in [3.05, 3.63) is 107 Å². The maximum absolute atomic E-state index is 14.5. The number of benzene rings is 3. The predicted octanol–water partition coefficient (Wildman–Crippen LogP) is 4.91. The molecule has 3 aromatic rings. The summed E-state index contributed by atoms with van der Waals surface area (Å²) >= 11 is 0. The van der Waals surface area contributed by atoms with Crippen LogP contribution in [0.25, 0.3) is 0 Å².